The summed E-state index contributed by atoms with van der Waals surface area (Å²) in [6, 6.07) is 0. The van der Waals surface area contributed by atoms with Crippen molar-refractivity contribution in [3.8, 4) is 0 Å². The van der Waals surface area contributed by atoms with Crippen molar-refractivity contribution in [3.63, 3.8) is 0 Å². The summed E-state index contributed by atoms with van der Waals surface area (Å²) in [5.74, 6) is -4.91. The summed E-state index contributed by atoms with van der Waals surface area (Å²) in [6.45, 7) is 5.78. The maximum atomic E-state index is 14.0. The average molecular weight is 293 g/mol. The highest BCUT2D eigenvalue weighted by molar-refractivity contribution is 5.76. The summed E-state index contributed by atoms with van der Waals surface area (Å²) >= 11 is 0. The van der Waals surface area contributed by atoms with Crippen LogP contribution >= 0.6 is 0 Å². The van der Waals surface area contributed by atoms with Gasteiger partial charge in [0.2, 0.25) is 0 Å². The predicted molar refractivity (Wildman–Crippen MR) is 67.7 cm³/mol. The number of halogens is 2. The highest BCUT2D eigenvalue weighted by Gasteiger charge is 2.57. The summed E-state index contributed by atoms with van der Waals surface area (Å²) in [4.78, 5) is 24.2. The van der Waals surface area contributed by atoms with E-state index in [1.54, 1.807) is 20.8 Å². The van der Waals surface area contributed by atoms with E-state index < -0.39 is 35.4 Å². The van der Waals surface area contributed by atoms with Crippen molar-refractivity contribution >= 4 is 12.1 Å². The largest absolute Gasteiger partial charge is 0.481 e. The first-order chi connectivity index (χ1) is 8.89. The lowest BCUT2D eigenvalue weighted by atomic mass is 9.79. The Kier molecular flexibility index (Phi) is 4.31. The molecule has 0 aliphatic carbocycles. The van der Waals surface area contributed by atoms with E-state index in [0.717, 1.165) is 11.8 Å². The molecule has 0 bridgehead atoms. The molecule has 1 rings (SSSR count). The first-order valence-corrected chi connectivity index (χ1v) is 6.48. The summed E-state index contributed by atoms with van der Waals surface area (Å²) in [5.41, 5.74) is -2.88. The molecule has 1 aliphatic heterocycles. The molecule has 0 aromatic carbocycles. The molecule has 5 nitrogen and oxygen atoms in total. The van der Waals surface area contributed by atoms with Crippen molar-refractivity contribution in [2.75, 3.05) is 13.1 Å². The van der Waals surface area contributed by atoms with Crippen molar-refractivity contribution in [1.29, 1.82) is 0 Å². The fourth-order valence-electron chi connectivity index (χ4n) is 1.98. The van der Waals surface area contributed by atoms with Gasteiger partial charge in [0.15, 0.2) is 0 Å². The van der Waals surface area contributed by atoms with Crippen LogP contribution in [0.15, 0.2) is 0 Å². The minimum atomic E-state index is -3.37. The second kappa shape index (κ2) is 5.18. The van der Waals surface area contributed by atoms with Gasteiger partial charge in [-0.15, -0.1) is 0 Å². The molecule has 0 saturated carbocycles. The van der Waals surface area contributed by atoms with Crippen LogP contribution in [0.1, 0.15) is 40.5 Å². The topological polar surface area (TPSA) is 66.8 Å². The minimum Gasteiger partial charge on any atom is -0.481 e. The monoisotopic (exact) mass is 293 g/mol. The molecule has 0 aromatic heterocycles. The standard InChI is InChI=1S/C13H21F2NO4/c1-11(2,3)20-10(19)16-7-5-12(4,9(17)18)13(14,15)6-8-16/h5-8H2,1-4H3,(H,17,18). The van der Waals surface area contributed by atoms with Gasteiger partial charge in [0.05, 0.1) is 0 Å². The minimum absolute atomic E-state index is 0.0622. The predicted octanol–water partition coefficient (Wildman–Crippen LogP) is 2.74. The van der Waals surface area contributed by atoms with E-state index in [2.05, 4.69) is 0 Å². The number of aliphatic carboxylic acids is 1. The maximum Gasteiger partial charge on any atom is 0.410 e. The molecule has 0 spiro atoms. The molecule has 116 valence electrons. The number of carbonyl (C=O) groups is 2. The normalized spacial score (nSPS) is 26.8. The number of likely N-dealkylation sites (tertiary alicyclic amines) is 1. The molecule has 0 radical (unpaired) electrons. The quantitative estimate of drug-likeness (QED) is 0.807. The van der Waals surface area contributed by atoms with Crippen LogP contribution in [0, 0.1) is 5.41 Å². The Hall–Kier alpha value is -1.40. The molecule has 1 amide bonds. The van der Waals surface area contributed by atoms with E-state index in [0.29, 0.717) is 0 Å². The van der Waals surface area contributed by atoms with Gasteiger partial charge in [0.1, 0.15) is 11.0 Å². The lowest BCUT2D eigenvalue weighted by Gasteiger charge is -2.31. The molecule has 0 aromatic rings. The van der Waals surface area contributed by atoms with Gasteiger partial charge in [-0.25, -0.2) is 13.6 Å². The van der Waals surface area contributed by atoms with Crippen LogP contribution in [0.4, 0.5) is 13.6 Å². The lowest BCUT2D eigenvalue weighted by molar-refractivity contribution is -0.176. The van der Waals surface area contributed by atoms with Crippen LogP contribution in [-0.4, -0.2) is 46.7 Å². The third-order valence-corrected chi connectivity index (χ3v) is 3.51. The molecular weight excluding hydrogens is 272 g/mol. The fraction of sp³-hybridized carbons (Fsp3) is 0.846. The Balaban J connectivity index is 2.86. The van der Waals surface area contributed by atoms with Crippen LogP contribution in [0.3, 0.4) is 0 Å². The van der Waals surface area contributed by atoms with Crippen LogP contribution in [0.25, 0.3) is 0 Å². The molecule has 1 saturated heterocycles. The molecule has 1 atom stereocenters. The molecule has 1 heterocycles. The smallest absolute Gasteiger partial charge is 0.410 e. The van der Waals surface area contributed by atoms with Crippen molar-refractivity contribution in [2.24, 2.45) is 5.41 Å². The van der Waals surface area contributed by atoms with E-state index in [-0.39, 0.29) is 19.5 Å². The summed E-state index contributed by atoms with van der Waals surface area (Å²) < 4.78 is 33.1. The van der Waals surface area contributed by atoms with Gasteiger partial charge < -0.3 is 14.7 Å². The van der Waals surface area contributed by atoms with Crippen LogP contribution in [0.5, 0.6) is 0 Å². The average Bonchev–Trinajstić information content (AvgIpc) is 2.35. The number of alkyl halides is 2. The third-order valence-electron chi connectivity index (χ3n) is 3.51. The van der Waals surface area contributed by atoms with Gasteiger partial charge in [-0.05, 0) is 34.1 Å². The number of amides is 1. The Morgan fingerprint density at radius 1 is 1.20 bits per heavy atom. The maximum absolute atomic E-state index is 14.0. The first-order valence-electron chi connectivity index (χ1n) is 6.48. The second-order valence-corrected chi connectivity index (χ2v) is 6.31. The van der Waals surface area contributed by atoms with Crippen LogP contribution in [-0.2, 0) is 9.53 Å². The van der Waals surface area contributed by atoms with Crippen molar-refractivity contribution < 1.29 is 28.2 Å². The van der Waals surface area contributed by atoms with Gasteiger partial charge in [-0.3, -0.25) is 4.79 Å². The zero-order chi connectivity index (χ0) is 15.8. The number of hydrogen-bond donors (Lipinski definition) is 1. The fourth-order valence-corrected chi connectivity index (χ4v) is 1.98. The van der Waals surface area contributed by atoms with Crippen molar-refractivity contribution in [2.45, 2.75) is 52.1 Å². The number of ether oxygens (including phenoxy) is 1. The number of carboxylic acid groups (broad SMARTS) is 1. The number of nitrogens with zero attached hydrogens (tertiary/aromatic N) is 1. The number of carbonyl (C=O) groups excluding carboxylic acids is 1. The number of carboxylic acids is 1. The summed E-state index contributed by atoms with van der Waals surface area (Å²) in [7, 11) is 0. The van der Waals surface area contributed by atoms with Crippen LogP contribution in [0.2, 0.25) is 0 Å². The van der Waals surface area contributed by atoms with Gasteiger partial charge >= 0.3 is 12.1 Å². The summed E-state index contributed by atoms with van der Waals surface area (Å²) in [5, 5.41) is 9.05. The zero-order valence-corrected chi connectivity index (χ0v) is 12.2. The Labute approximate surface area is 116 Å². The number of hydrogen-bond acceptors (Lipinski definition) is 3. The van der Waals surface area contributed by atoms with Crippen molar-refractivity contribution in [3.05, 3.63) is 0 Å². The van der Waals surface area contributed by atoms with Crippen LogP contribution < -0.4 is 0 Å². The SMILES string of the molecule is CC(C)(C)OC(=O)N1CCC(F)(F)C(C)(C(=O)O)CC1. The molecule has 20 heavy (non-hydrogen) atoms. The van der Waals surface area contributed by atoms with E-state index >= 15 is 0 Å². The molecule has 1 unspecified atom stereocenters. The Bertz CT molecular complexity index is 406. The first kappa shape index (κ1) is 16.7. The van der Waals surface area contributed by atoms with E-state index in [1.807, 2.05) is 0 Å². The Morgan fingerprint density at radius 2 is 1.70 bits per heavy atom. The number of rotatable bonds is 1. The molecule has 1 N–H and O–H groups in total. The molecule has 1 fully saturated rings. The summed E-state index contributed by atoms with van der Waals surface area (Å²) in [6.07, 6.45) is -1.69. The molecule has 1 aliphatic rings. The van der Waals surface area contributed by atoms with Gasteiger partial charge in [-0.2, -0.15) is 0 Å². The van der Waals surface area contributed by atoms with Gasteiger partial charge in [0.25, 0.3) is 5.92 Å². The molecule has 7 heteroatoms. The lowest BCUT2D eigenvalue weighted by Crippen LogP contribution is -2.45. The zero-order valence-electron chi connectivity index (χ0n) is 12.2. The van der Waals surface area contributed by atoms with Crippen molar-refractivity contribution in [1.82, 2.24) is 4.90 Å². The van der Waals surface area contributed by atoms with E-state index in [4.69, 9.17) is 9.84 Å². The third kappa shape index (κ3) is 3.37. The van der Waals surface area contributed by atoms with E-state index in [1.165, 1.54) is 0 Å². The van der Waals surface area contributed by atoms with Gasteiger partial charge in [0, 0.05) is 19.5 Å². The highest BCUT2D eigenvalue weighted by atomic mass is 19.3. The molecular formula is C13H21F2NO4. The highest BCUT2D eigenvalue weighted by Crippen LogP contribution is 2.44. The second-order valence-electron chi connectivity index (χ2n) is 6.31. The van der Waals surface area contributed by atoms with Gasteiger partial charge in [-0.1, -0.05) is 0 Å². The van der Waals surface area contributed by atoms with E-state index in [9.17, 15) is 18.4 Å². The Morgan fingerprint density at radius 3 is 2.15 bits per heavy atom.